The maximum absolute atomic E-state index is 12.4. The molecule has 0 radical (unpaired) electrons. The average molecular weight is 290 g/mol. The average Bonchev–Trinajstić information content (AvgIpc) is 2.65. The van der Waals surface area contributed by atoms with Crippen LogP contribution in [0.15, 0.2) is 24.3 Å². The molecular formula is C16H22N2O3. The van der Waals surface area contributed by atoms with E-state index >= 15 is 0 Å². The Morgan fingerprint density at radius 3 is 2.90 bits per heavy atom. The summed E-state index contributed by atoms with van der Waals surface area (Å²) in [5, 5.41) is 2.77. The molecule has 1 unspecified atom stereocenters. The van der Waals surface area contributed by atoms with E-state index in [0.717, 1.165) is 17.7 Å². The molecular weight excluding hydrogens is 268 g/mol. The second kappa shape index (κ2) is 7.11. The van der Waals surface area contributed by atoms with Crippen LogP contribution in [0.1, 0.15) is 25.3 Å². The number of carbonyl (C=O) groups excluding carboxylic acids is 2. The van der Waals surface area contributed by atoms with Crippen molar-refractivity contribution >= 4 is 11.8 Å². The van der Waals surface area contributed by atoms with E-state index in [-0.39, 0.29) is 17.9 Å². The summed E-state index contributed by atoms with van der Waals surface area (Å²) in [6.45, 7) is 3.02. The Kier molecular flexibility index (Phi) is 5.20. The van der Waals surface area contributed by atoms with Gasteiger partial charge in [0, 0.05) is 19.5 Å². The van der Waals surface area contributed by atoms with Gasteiger partial charge in [-0.1, -0.05) is 19.1 Å². The van der Waals surface area contributed by atoms with E-state index in [1.807, 2.05) is 31.2 Å². The van der Waals surface area contributed by atoms with Crippen LogP contribution < -0.4 is 10.1 Å². The second-order valence-electron chi connectivity index (χ2n) is 5.21. The number of methoxy groups -OCH3 is 1. The molecule has 1 aliphatic heterocycles. The van der Waals surface area contributed by atoms with Crippen molar-refractivity contribution in [3.8, 4) is 5.75 Å². The summed E-state index contributed by atoms with van der Waals surface area (Å²) in [7, 11) is 1.64. The van der Waals surface area contributed by atoms with Crippen molar-refractivity contribution in [3.05, 3.63) is 29.8 Å². The summed E-state index contributed by atoms with van der Waals surface area (Å²) in [6.07, 6.45) is 1.76. The van der Waals surface area contributed by atoms with Crippen molar-refractivity contribution < 1.29 is 14.3 Å². The van der Waals surface area contributed by atoms with Crippen LogP contribution in [0.5, 0.6) is 5.75 Å². The SMILES string of the molecule is CCC1NC(=O)CCN(CCc2cccc(OC)c2)C1=O. The fraction of sp³-hybridized carbons (Fsp3) is 0.500. The van der Waals surface area contributed by atoms with Gasteiger partial charge < -0.3 is 15.0 Å². The summed E-state index contributed by atoms with van der Waals surface area (Å²) in [5.41, 5.74) is 1.12. The first-order valence-electron chi connectivity index (χ1n) is 7.35. The van der Waals surface area contributed by atoms with Crippen LogP contribution in [0.4, 0.5) is 0 Å². The molecule has 21 heavy (non-hydrogen) atoms. The molecule has 114 valence electrons. The van der Waals surface area contributed by atoms with Gasteiger partial charge in [0.1, 0.15) is 11.8 Å². The van der Waals surface area contributed by atoms with Crippen molar-refractivity contribution in [2.24, 2.45) is 0 Å². The fourth-order valence-corrected chi connectivity index (χ4v) is 2.49. The summed E-state index contributed by atoms with van der Waals surface area (Å²) in [4.78, 5) is 25.7. The predicted molar refractivity (Wildman–Crippen MR) is 80.1 cm³/mol. The van der Waals surface area contributed by atoms with Gasteiger partial charge in [-0.15, -0.1) is 0 Å². The van der Waals surface area contributed by atoms with Crippen molar-refractivity contribution in [2.45, 2.75) is 32.2 Å². The third kappa shape index (κ3) is 3.97. The van der Waals surface area contributed by atoms with E-state index in [1.54, 1.807) is 12.0 Å². The first kappa shape index (κ1) is 15.4. The van der Waals surface area contributed by atoms with Gasteiger partial charge in [-0.2, -0.15) is 0 Å². The lowest BCUT2D eigenvalue weighted by Gasteiger charge is -2.23. The molecule has 1 fully saturated rings. The van der Waals surface area contributed by atoms with Crippen molar-refractivity contribution in [2.75, 3.05) is 20.2 Å². The summed E-state index contributed by atoms with van der Waals surface area (Å²) < 4.78 is 5.20. The van der Waals surface area contributed by atoms with Gasteiger partial charge in [-0.05, 0) is 30.5 Å². The first-order valence-corrected chi connectivity index (χ1v) is 7.35. The van der Waals surface area contributed by atoms with Crippen LogP contribution in [0.25, 0.3) is 0 Å². The number of nitrogens with zero attached hydrogens (tertiary/aromatic N) is 1. The molecule has 1 aliphatic rings. The Morgan fingerprint density at radius 1 is 1.38 bits per heavy atom. The monoisotopic (exact) mass is 290 g/mol. The highest BCUT2D eigenvalue weighted by atomic mass is 16.5. The predicted octanol–water partition coefficient (Wildman–Crippen LogP) is 1.36. The molecule has 0 bridgehead atoms. The molecule has 2 amide bonds. The largest absolute Gasteiger partial charge is 0.497 e. The number of amides is 2. The maximum atomic E-state index is 12.4. The van der Waals surface area contributed by atoms with Crippen LogP contribution >= 0.6 is 0 Å². The lowest BCUT2D eigenvalue weighted by Crippen LogP contribution is -2.44. The second-order valence-corrected chi connectivity index (χ2v) is 5.21. The molecule has 5 heteroatoms. The molecule has 1 saturated heterocycles. The minimum Gasteiger partial charge on any atom is -0.497 e. The van der Waals surface area contributed by atoms with Crippen LogP contribution in [-0.2, 0) is 16.0 Å². The lowest BCUT2D eigenvalue weighted by atomic mass is 10.1. The number of rotatable bonds is 5. The summed E-state index contributed by atoms with van der Waals surface area (Å²) in [5.74, 6) is 0.795. The smallest absolute Gasteiger partial charge is 0.245 e. The van der Waals surface area contributed by atoms with Gasteiger partial charge in [0.05, 0.1) is 7.11 Å². The van der Waals surface area contributed by atoms with Crippen molar-refractivity contribution in [1.29, 1.82) is 0 Å². The van der Waals surface area contributed by atoms with E-state index in [9.17, 15) is 9.59 Å². The van der Waals surface area contributed by atoms with Crippen molar-refractivity contribution in [3.63, 3.8) is 0 Å². The van der Waals surface area contributed by atoms with Gasteiger partial charge in [0.25, 0.3) is 0 Å². The Hall–Kier alpha value is -2.04. The van der Waals surface area contributed by atoms with E-state index in [2.05, 4.69) is 5.32 Å². The number of hydrogen-bond donors (Lipinski definition) is 1. The summed E-state index contributed by atoms with van der Waals surface area (Å²) in [6, 6.07) is 7.45. The number of carbonyl (C=O) groups is 2. The van der Waals surface area contributed by atoms with E-state index in [1.165, 1.54) is 0 Å². The molecule has 5 nitrogen and oxygen atoms in total. The lowest BCUT2D eigenvalue weighted by molar-refractivity contribution is -0.133. The van der Waals surface area contributed by atoms with E-state index in [0.29, 0.717) is 25.9 Å². The molecule has 0 aliphatic carbocycles. The molecule has 0 saturated carbocycles. The van der Waals surface area contributed by atoms with Crippen molar-refractivity contribution in [1.82, 2.24) is 10.2 Å². The molecule has 1 heterocycles. The molecule has 1 aromatic carbocycles. The number of ether oxygens (including phenoxy) is 1. The molecule has 1 aromatic rings. The van der Waals surface area contributed by atoms with Crippen LogP contribution in [0.2, 0.25) is 0 Å². The zero-order valence-corrected chi connectivity index (χ0v) is 12.6. The Balaban J connectivity index is 2.00. The normalized spacial score (nSPS) is 19.1. The quantitative estimate of drug-likeness (QED) is 0.891. The Labute approximate surface area is 125 Å². The molecule has 2 rings (SSSR count). The van der Waals surface area contributed by atoms with Gasteiger partial charge in [-0.25, -0.2) is 0 Å². The highest BCUT2D eigenvalue weighted by molar-refractivity contribution is 5.89. The van der Waals surface area contributed by atoms with Crippen LogP contribution in [0, 0.1) is 0 Å². The Bertz CT molecular complexity index is 516. The molecule has 0 spiro atoms. The highest BCUT2D eigenvalue weighted by Crippen LogP contribution is 2.14. The fourth-order valence-electron chi connectivity index (χ4n) is 2.49. The topological polar surface area (TPSA) is 58.6 Å². The number of benzene rings is 1. The van der Waals surface area contributed by atoms with Crippen LogP contribution in [-0.4, -0.2) is 43.0 Å². The molecule has 1 atom stereocenters. The first-order chi connectivity index (χ1) is 10.1. The minimum atomic E-state index is -0.384. The number of hydrogen-bond acceptors (Lipinski definition) is 3. The standard InChI is InChI=1S/C16H22N2O3/c1-3-14-16(20)18(10-8-15(19)17-14)9-7-12-5-4-6-13(11-12)21-2/h4-6,11,14H,3,7-10H2,1-2H3,(H,17,19). The maximum Gasteiger partial charge on any atom is 0.245 e. The Morgan fingerprint density at radius 2 is 2.19 bits per heavy atom. The molecule has 0 aromatic heterocycles. The van der Waals surface area contributed by atoms with E-state index < -0.39 is 0 Å². The molecule has 1 N–H and O–H groups in total. The van der Waals surface area contributed by atoms with Gasteiger partial charge in [-0.3, -0.25) is 9.59 Å². The summed E-state index contributed by atoms with van der Waals surface area (Å²) >= 11 is 0. The van der Waals surface area contributed by atoms with Gasteiger partial charge in [0.2, 0.25) is 11.8 Å². The zero-order valence-electron chi connectivity index (χ0n) is 12.6. The van der Waals surface area contributed by atoms with E-state index in [4.69, 9.17) is 4.74 Å². The number of nitrogens with one attached hydrogen (secondary N) is 1. The highest BCUT2D eigenvalue weighted by Gasteiger charge is 2.28. The third-order valence-electron chi connectivity index (χ3n) is 3.77. The van der Waals surface area contributed by atoms with Crippen LogP contribution in [0.3, 0.4) is 0 Å². The van der Waals surface area contributed by atoms with Gasteiger partial charge in [0.15, 0.2) is 0 Å². The zero-order chi connectivity index (χ0) is 15.2. The minimum absolute atomic E-state index is 0.0197. The third-order valence-corrected chi connectivity index (χ3v) is 3.77. The van der Waals surface area contributed by atoms with Gasteiger partial charge >= 0.3 is 0 Å².